The molecule has 2 heterocycles. The molecular weight excluding hydrogens is 296 g/mol. The van der Waals surface area contributed by atoms with Gasteiger partial charge in [0.2, 0.25) is 0 Å². The molecule has 1 fully saturated rings. The van der Waals surface area contributed by atoms with E-state index in [1.54, 1.807) is 11.3 Å². The number of aliphatic hydroxyl groups excluding tert-OH is 1. The first-order valence-electron chi connectivity index (χ1n) is 7.66. The molecule has 5 nitrogen and oxygen atoms in total. The molecule has 0 bridgehead atoms. The van der Waals surface area contributed by atoms with E-state index in [2.05, 4.69) is 39.9 Å². The highest BCUT2D eigenvalue weighted by Crippen LogP contribution is 2.36. The van der Waals surface area contributed by atoms with Gasteiger partial charge < -0.3 is 10.0 Å². The largest absolute Gasteiger partial charge is 0.393 e. The van der Waals surface area contributed by atoms with E-state index in [9.17, 15) is 5.11 Å². The zero-order valence-electron chi connectivity index (χ0n) is 13.3. The number of rotatable bonds is 5. The van der Waals surface area contributed by atoms with Gasteiger partial charge in [-0.2, -0.15) is 0 Å². The van der Waals surface area contributed by atoms with Gasteiger partial charge in [0, 0.05) is 42.6 Å². The van der Waals surface area contributed by atoms with Crippen molar-refractivity contribution in [3.05, 3.63) is 33.7 Å². The Morgan fingerprint density at radius 1 is 1.32 bits per heavy atom. The Balaban J connectivity index is 1.69. The van der Waals surface area contributed by atoms with E-state index in [0.29, 0.717) is 5.92 Å². The molecule has 0 aromatic carbocycles. The van der Waals surface area contributed by atoms with Crippen LogP contribution in [0.2, 0.25) is 0 Å². The van der Waals surface area contributed by atoms with E-state index in [1.807, 2.05) is 12.4 Å². The molecule has 3 rings (SSSR count). The molecule has 0 unspecified atom stereocenters. The summed E-state index contributed by atoms with van der Waals surface area (Å²) >= 11 is 1.71. The molecule has 1 aliphatic carbocycles. The molecule has 0 radical (unpaired) electrons. The summed E-state index contributed by atoms with van der Waals surface area (Å²) < 4.78 is 0. The molecule has 0 spiro atoms. The maximum Gasteiger partial charge on any atom is 0.132 e. The third kappa shape index (κ3) is 3.28. The first-order chi connectivity index (χ1) is 10.5. The number of aryl methyl sites for hydroxylation is 2. The Kier molecular flexibility index (Phi) is 4.40. The number of anilines is 1. The van der Waals surface area contributed by atoms with Crippen molar-refractivity contribution in [1.82, 2.24) is 15.0 Å². The number of likely N-dealkylation sites (N-methyl/N-ethyl adjacent to an activating group) is 1. The van der Waals surface area contributed by atoms with E-state index in [0.717, 1.165) is 48.8 Å². The molecule has 2 aromatic rings. The number of aliphatic hydroxyl groups is 1. The summed E-state index contributed by atoms with van der Waals surface area (Å²) in [4.78, 5) is 16.9. The first-order valence-corrected chi connectivity index (χ1v) is 8.54. The van der Waals surface area contributed by atoms with Crippen molar-refractivity contribution in [3.8, 4) is 0 Å². The normalized spacial score (nSPS) is 20.7. The van der Waals surface area contributed by atoms with Gasteiger partial charge in [0.05, 0.1) is 17.3 Å². The second kappa shape index (κ2) is 6.30. The Morgan fingerprint density at radius 3 is 2.73 bits per heavy atom. The quantitative estimate of drug-likeness (QED) is 0.917. The van der Waals surface area contributed by atoms with Crippen LogP contribution in [0.25, 0.3) is 0 Å². The number of hydrogen-bond acceptors (Lipinski definition) is 6. The molecule has 2 aromatic heterocycles. The van der Waals surface area contributed by atoms with Gasteiger partial charge in [-0.15, -0.1) is 11.3 Å². The summed E-state index contributed by atoms with van der Waals surface area (Å²) in [6, 6.07) is 2.07. The third-order valence-electron chi connectivity index (χ3n) is 4.29. The van der Waals surface area contributed by atoms with Crippen LogP contribution in [0, 0.1) is 13.8 Å². The summed E-state index contributed by atoms with van der Waals surface area (Å²) in [7, 11) is 2.07. The van der Waals surface area contributed by atoms with E-state index >= 15 is 0 Å². The van der Waals surface area contributed by atoms with Crippen LogP contribution in [0.3, 0.4) is 0 Å². The standard InChI is InChI=1S/C16H22N4OS/c1-10-15(22-9-17-10)4-5-20(3)16-8-14(18-11(2)19-16)12-6-13(21)7-12/h8-9,12-13,21H,4-7H2,1-3H3. The Labute approximate surface area is 135 Å². The Hall–Kier alpha value is -1.53. The second-order valence-corrected chi connectivity index (χ2v) is 6.99. The van der Waals surface area contributed by atoms with Gasteiger partial charge in [0.15, 0.2) is 0 Å². The molecular formula is C16H22N4OS. The van der Waals surface area contributed by atoms with E-state index in [4.69, 9.17) is 0 Å². The zero-order valence-corrected chi connectivity index (χ0v) is 14.1. The average Bonchev–Trinajstić information content (AvgIpc) is 2.86. The SMILES string of the molecule is Cc1nc(C2CC(O)C2)cc(N(C)CCc2scnc2C)n1. The zero-order chi connectivity index (χ0) is 15.7. The lowest BCUT2D eigenvalue weighted by molar-refractivity contribution is 0.0731. The molecule has 0 amide bonds. The molecule has 118 valence electrons. The molecule has 6 heteroatoms. The molecule has 0 saturated heterocycles. The van der Waals surface area contributed by atoms with Crippen LogP contribution in [0.1, 0.15) is 40.8 Å². The molecule has 0 atom stereocenters. The Bertz CT molecular complexity index is 651. The predicted octanol–water partition coefficient (Wildman–Crippen LogP) is 2.47. The van der Waals surface area contributed by atoms with Gasteiger partial charge in [-0.1, -0.05) is 0 Å². The van der Waals surface area contributed by atoms with Gasteiger partial charge in [0.25, 0.3) is 0 Å². The third-order valence-corrected chi connectivity index (χ3v) is 5.28. The number of hydrogen-bond donors (Lipinski definition) is 1. The smallest absolute Gasteiger partial charge is 0.132 e. The fourth-order valence-electron chi connectivity index (χ4n) is 2.76. The van der Waals surface area contributed by atoms with Crippen LogP contribution in [-0.4, -0.2) is 39.8 Å². The highest BCUT2D eigenvalue weighted by atomic mass is 32.1. The van der Waals surface area contributed by atoms with Crippen LogP contribution in [0.4, 0.5) is 5.82 Å². The van der Waals surface area contributed by atoms with Crippen molar-refractivity contribution in [2.75, 3.05) is 18.5 Å². The van der Waals surface area contributed by atoms with Crippen LogP contribution >= 0.6 is 11.3 Å². The minimum absolute atomic E-state index is 0.157. The van der Waals surface area contributed by atoms with Crippen LogP contribution in [0.5, 0.6) is 0 Å². The van der Waals surface area contributed by atoms with Crippen molar-refractivity contribution in [2.45, 2.75) is 45.1 Å². The van der Waals surface area contributed by atoms with E-state index in [1.165, 1.54) is 4.88 Å². The van der Waals surface area contributed by atoms with Crippen LogP contribution in [-0.2, 0) is 6.42 Å². The van der Waals surface area contributed by atoms with Gasteiger partial charge >= 0.3 is 0 Å². The van der Waals surface area contributed by atoms with Gasteiger partial charge in [-0.25, -0.2) is 15.0 Å². The monoisotopic (exact) mass is 318 g/mol. The van der Waals surface area contributed by atoms with Crippen molar-refractivity contribution in [3.63, 3.8) is 0 Å². The van der Waals surface area contributed by atoms with Crippen LogP contribution < -0.4 is 4.90 Å². The summed E-state index contributed by atoms with van der Waals surface area (Å²) in [5.74, 6) is 2.15. The second-order valence-electron chi connectivity index (χ2n) is 6.05. The van der Waals surface area contributed by atoms with Crippen molar-refractivity contribution < 1.29 is 5.11 Å². The fourth-order valence-corrected chi connectivity index (χ4v) is 3.53. The van der Waals surface area contributed by atoms with Crippen molar-refractivity contribution in [1.29, 1.82) is 0 Å². The summed E-state index contributed by atoms with van der Waals surface area (Å²) in [5.41, 5.74) is 4.09. The van der Waals surface area contributed by atoms with E-state index in [-0.39, 0.29) is 6.10 Å². The highest BCUT2D eigenvalue weighted by Gasteiger charge is 2.30. The topological polar surface area (TPSA) is 62.1 Å². The maximum atomic E-state index is 9.48. The van der Waals surface area contributed by atoms with Gasteiger partial charge in [-0.05, 0) is 26.7 Å². The van der Waals surface area contributed by atoms with Crippen LogP contribution in [0.15, 0.2) is 11.6 Å². The fraction of sp³-hybridized carbons (Fsp3) is 0.562. The van der Waals surface area contributed by atoms with E-state index < -0.39 is 0 Å². The number of aromatic nitrogens is 3. The molecule has 1 N–H and O–H groups in total. The summed E-state index contributed by atoms with van der Waals surface area (Å²) in [5, 5.41) is 9.48. The highest BCUT2D eigenvalue weighted by molar-refractivity contribution is 7.09. The average molecular weight is 318 g/mol. The predicted molar refractivity (Wildman–Crippen MR) is 88.6 cm³/mol. The van der Waals surface area contributed by atoms with Gasteiger partial charge in [0.1, 0.15) is 11.6 Å². The molecule has 22 heavy (non-hydrogen) atoms. The number of nitrogens with zero attached hydrogens (tertiary/aromatic N) is 4. The van der Waals surface area contributed by atoms with Gasteiger partial charge in [-0.3, -0.25) is 0 Å². The molecule has 1 aliphatic rings. The number of thiazole rings is 1. The molecule has 0 aliphatic heterocycles. The Morgan fingerprint density at radius 2 is 2.09 bits per heavy atom. The van der Waals surface area contributed by atoms with Crippen molar-refractivity contribution >= 4 is 17.2 Å². The molecule has 1 saturated carbocycles. The lowest BCUT2D eigenvalue weighted by Gasteiger charge is -2.31. The summed E-state index contributed by atoms with van der Waals surface area (Å²) in [6.45, 7) is 4.90. The minimum Gasteiger partial charge on any atom is -0.393 e. The summed E-state index contributed by atoms with van der Waals surface area (Å²) in [6.07, 6.45) is 2.46. The lowest BCUT2D eigenvalue weighted by atomic mass is 9.80. The lowest BCUT2D eigenvalue weighted by Crippen LogP contribution is -2.28. The maximum absolute atomic E-state index is 9.48. The minimum atomic E-state index is -0.157. The van der Waals surface area contributed by atoms with Crippen molar-refractivity contribution in [2.24, 2.45) is 0 Å². The first kappa shape index (κ1) is 15.4.